The van der Waals surface area contributed by atoms with Crippen LogP contribution in [0.15, 0.2) is 59.8 Å². The number of halogens is 3. The molecule has 0 unspecified atom stereocenters. The number of nitrogens with zero attached hydrogens (tertiary/aromatic N) is 3. The van der Waals surface area contributed by atoms with Crippen LogP contribution in [0.5, 0.6) is 0 Å². The van der Waals surface area contributed by atoms with E-state index < -0.39 is 10.0 Å². The first kappa shape index (κ1) is 26.0. The summed E-state index contributed by atoms with van der Waals surface area (Å²) in [6.45, 7) is 4.99. The van der Waals surface area contributed by atoms with E-state index in [-0.39, 0.29) is 17.4 Å². The molecule has 1 N–H and O–H groups in total. The van der Waals surface area contributed by atoms with Crippen molar-refractivity contribution >= 4 is 62.1 Å². The third-order valence-electron chi connectivity index (χ3n) is 5.72. The standard InChI is InChI=1S/C23H26Cl2N4O2S.ClH/c24-20-8-5-9-21(23(20)25)29-14-12-28(13-15-29)11-4-3-10-27-32(30,31)22-16-18-6-1-2-7-19(18)17-26-22;/h1-2,5-9,16-17,27H,3-4,10-15H2;1H. The Morgan fingerprint density at radius 1 is 0.939 bits per heavy atom. The van der Waals surface area contributed by atoms with E-state index >= 15 is 0 Å². The number of piperazine rings is 1. The molecular weight excluding hydrogens is 503 g/mol. The van der Waals surface area contributed by atoms with Gasteiger partial charge in [-0.1, -0.05) is 53.5 Å². The van der Waals surface area contributed by atoms with E-state index in [1.165, 1.54) is 0 Å². The Morgan fingerprint density at radius 3 is 2.42 bits per heavy atom. The number of pyridine rings is 1. The van der Waals surface area contributed by atoms with Gasteiger partial charge in [-0.15, -0.1) is 12.4 Å². The summed E-state index contributed by atoms with van der Waals surface area (Å²) in [5.74, 6) is 0. The van der Waals surface area contributed by atoms with Gasteiger partial charge < -0.3 is 4.90 Å². The summed E-state index contributed by atoms with van der Waals surface area (Å²) in [6.07, 6.45) is 3.29. The second-order valence-corrected chi connectivity index (χ2v) is 10.4. The van der Waals surface area contributed by atoms with Gasteiger partial charge in [0.15, 0.2) is 5.03 Å². The largest absolute Gasteiger partial charge is 0.368 e. The molecule has 0 radical (unpaired) electrons. The molecule has 6 nitrogen and oxygen atoms in total. The molecule has 0 bridgehead atoms. The fourth-order valence-electron chi connectivity index (χ4n) is 3.90. The molecule has 3 aromatic rings. The van der Waals surface area contributed by atoms with Gasteiger partial charge in [-0.3, -0.25) is 4.90 Å². The van der Waals surface area contributed by atoms with E-state index in [0.717, 1.165) is 62.0 Å². The van der Waals surface area contributed by atoms with Gasteiger partial charge in [0.05, 0.1) is 15.7 Å². The summed E-state index contributed by atoms with van der Waals surface area (Å²) >= 11 is 12.5. The molecule has 1 aromatic heterocycles. The SMILES string of the molecule is Cl.O=S(=O)(NCCCCN1CCN(c2cccc(Cl)c2Cl)CC1)c1cc2ccccc2cn1. The minimum Gasteiger partial charge on any atom is -0.368 e. The van der Waals surface area contributed by atoms with E-state index in [0.29, 0.717) is 16.6 Å². The summed E-state index contributed by atoms with van der Waals surface area (Å²) < 4.78 is 27.8. The van der Waals surface area contributed by atoms with E-state index in [2.05, 4.69) is 19.5 Å². The Labute approximate surface area is 211 Å². The van der Waals surface area contributed by atoms with Crippen LogP contribution in [-0.2, 0) is 10.0 Å². The van der Waals surface area contributed by atoms with Crippen LogP contribution >= 0.6 is 35.6 Å². The molecule has 178 valence electrons. The van der Waals surface area contributed by atoms with Crippen molar-refractivity contribution in [1.82, 2.24) is 14.6 Å². The molecule has 0 spiro atoms. The van der Waals surface area contributed by atoms with Crippen molar-refractivity contribution in [2.45, 2.75) is 17.9 Å². The highest BCUT2D eigenvalue weighted by Crippen LogP contribution is 2.32. The zero-order chi connectivity index (χ0) is 22.6. The minimum absolute atomic E-state index is 0. The quantitative estimate of drug-likeness (QED) is 0.423. The second kappa shape index (κ2) is 11.7. The highest BCUT2D eigenvalue weighted by atomic mass is 35.5. The van der Waals surface area contributed by atoms with Crippen molar-refractivity contribution in [3.8, 4) is 0 Å². The predicted octanol–water partition coefficient (Wildman–Crippen LogP) is 4.84. The second-order valence-electron chi connectivity index (χ2n) is 7.88. The van der Waals surface area contributed by atoms with Crippen LogP contribution in [0.25, 0.3) is 10.8 Å². The summed E-state index contributed by atoms with van der Waals surface area (Å²) in [5, 5.41) is 3.03. The van der Waals surface area contributed by atoms with Crippen LogP contribution in [0.4, 0.5) is 5.69 Å². The lowest BCUT2D eigenvalue weighted by Gasteiger charge is -2.36. The number of sulfonamides is 1. The molecular formula is C23H27Cl3N4O2S. The van der Waals surface area contributed by atoms with Crippen LogP contribution in [0.3, 0.4) is 0 Å². The Kier molecular flexibility index (Phi) is 9.21. The van der Waals surface area contributed by atoms with Gasteiger partial charge in [0.25, 0.3) is 10.0 Å². The number of nitrogens with one attached hydrogen (secondary N) is 1. The molecule has 1 aliphatic heterocycles. The average molecular weight is 530 g/mol. The van der Waals surface area contributed by atoms with Crippen molar-refractivity contribution in [2.75, 3.05) is 44.2 Å². The van der Waals surface area contributed by atoms with Crippen LogP contribution < -0.4 is 9.62 Å². The van der Waals surface area contributed by atoms with Crippen molar-refractivity contribution in [1.29, 1.82) is 0 Å². The van der Waals surface area contributed by atoms with Gasteiger partial charge in [0, 0.05) is 44.3 Å². The zero-order valence-corrected chi connectivity index (χ0v) is 21.2. The molecule has 1 fully saturated rings. The third-order valence-corrected chi connectivity index (χ3v) is 7.89. The molecule has 2 aromatic carbocycles. The molecule has 0 saturated carbocycles. The van der Waals surface area contributed by atoms with Crippen molar-refractivity contribution < 1.29 is 8.42 Å². The number of hydrogen-bond donors (Lipinski definition) is 1. The van der Waals surface area contributed by atoms with Crippen LogP contribution in [0.2, 0.25) is 10.0 Å². The Balaban J connectivity index is 0.00000306. The molecule has 0 aliphatic carbocycles. The first-order chi connectivity index (χ1) is 15.4. The van der Waals surface area contributed by atoms with Gasteiger partial charge in [-0.2, -0.15) is 0 Å². The third kappa shape index (κ3) is 6.50. The smallest absolute Gasteiger partial charge is 0.258 e. The Morgan fingerprint density at radius 2 is 1.67 bits per heavy atom. The maximum absolute atomic E-state index is 12.6. The number of rotatable bonds is 8. The number of anilines is 1. The van der Waals surface area contributed by atoms with Crippen LogP contribution in [-0.4, -0.2) is 57.6 Å². The summed E-state index contributed by atoms with van der Waals surface area (Å²) in [6, 6.07) is 14.9. The summed E-state index contributed by atoms with van der Waals surface area (Å²) in [7, 11) is -3.61. The molecule has 0 atom stereocenters. The van der Waals surface area contributed by atoms with Gasteiger partial charge in [0.2, 0.25) is 0 Å². The lowest BCUT2D eigenvalue weighted by atomic mass is 10.2. The lowest BCUT2D eigenvalue weighted by molar-refractivity contribution is 0.253. The summed E-state index contributed by atoms with van der Waals surface area (Å²) in [5.41, 5.74) is 0.982. The maximum Gasteiger partial charge on any atom is 0.258 e. The predicted molar refractivity (Wildman–Crippen MR) is 139 cm³/mol. The number of hydrogen-bond acceptors (Lipinski definition) is 5. The molecule has 1 saturated heterocycles. The molecule has 2 heterocycles. The van der Waals surface area contributed by atoms with E-state index in [4.69, 9.17) is 23.2 Å². The molecule has 4 rings (SSSR count). The topological polar surface area (TPSA) is 65.5 Å². The molecule has 10 heteroatoms. The Hall–Kier alpha value is -1.61. The summed E-state index contributed by atoms with van der Waals surface area (Å²) in [4.78, 5) is 8.77. The van der Waals surface area contributed by atoms with Crippen LogP contribution in [0.1, 0.15) is 12.8 Å². The molecule has 1 aliphatic rings. The lowest BCUT2D eigenvalue weighted by Crippen LogP contribution is -2.46. The van der Waals surface area contributed by atoms with E-state index in [1.54, 1.807) is 18.3 Å². The average Bonchev–Trinajstić information content (AvgIpc) is 2.81. The molecule has 33 heavy (non-hydrogen) atoms. The Bertz CT molecular complexity index is 1190. The van der Waals surface area contributed by atoms with Gasteiger partial charge >= 0.3 is 0 Å². The highest BCUT2D eigenvalue weighted by molar-refractivity contribution is 7.89. The van der Waals surface area contributed by atoms with Gasteiger partial charge in [-0.25, -0.2) is 18.1 Å². The monoisotopic (exact) mass is 528 g/mol. The van der Waals surface area contributed by atoms with E-state index in [1.807, 2.05) is 36.4 Å². The van der Waals surface area contributed by atoms with Crippen molar-refractivity contribution in [3.05, 3.63) is 64.8 Å². The van der Waals surface area contributed by atoms with Crippen LogP contribution in [0, 0.1) is 0 Å². The number of unbranched alkanes of at least 4 members (excludes halogenated alkanes) is 1. The van der Waals surface area contributed by atoms with Gasteiger partial charge in [0.1, 0.15) is 0 Å². The normalized spacial score (nSPS) is 14.9. The number of aromatic nitrogens is 1. The highest BCUT2D eigenvalue weighted by Gasteiger charge is 2.20. The minimum atomic E-state index is -3.61. The van der Waals surface area contributed by atoms with Crippen molar-refractivity contribution in [2.24, 2.45) is 0 Å². The first-order valence-corrected chi connectivity index (χ1v) is 12.9. The number of fused-ring (bicyclic) bond motifs is 1. The zero-order valence-electron chi connectivity index (χ0n) is 18.1. The number of benzene rings is 2. The fourth-order valence-corrected chi connectivity index (χ4v) is 5.35. The maximum atomic E-state index is 12.6. The van der Waals surface area contributed by atoms with Crippen molar-refractivity contribution in [3.63, 3.8) is 0 Å². The fraction of sp³-hybridized carbons (Fsp3) is 0.348. The van der Waals surface area contributed by atoms with E-state index in [9.17, 15) is 8.42 Å². The first-order valence-electron chi connectivity index (χ1n) is 10.7. The molecule has 0 amide bonds. The van der Waals surface area contributed by atoms with Gasteiger partial charge in [-0.05, 0) is 43.0 Å².